The maximum atomic E-state index is 12.4. The minimum Gasteiger partial charge on any atom is -0.325 e. The molecule has 1 N–H and O–H groups in total. The Morgan fingerprint density at radius 1 is 1.08 bits per heavy atom. The van der Waals surface area contributed by atoms with Crippen molar-refractivity contribution in [1.82, 2.24) is 0 Å². The maximum Gasteiger partial charge on any atom is 0.244 e. The summed E-state index contributed by atoms with van der Waals surface area (Å²) in [5, 5.41) is 3.41. The second-order valence-electron chi connectivity index (χ2n) is 5.91. The Morgan fingerprint density at radius 2 is 1.71 bits per heavy atom. The van der Waals surface area contributed by atoms with Crippen molar-refractivity contribution in [3.63, 3.8) is 0 Å². The van der Waals surface area contributed by atoms with E-state index in [0.29, 0.717) is 10.7 Å². The molecule has 0 heterocycles. The van der Waals surface area contributed by atoms with E-state index in [4.69, 9.17) is 11.6 Å². The summed E-state index contributed by atoms with van der Waals surface area (Å²) < 4.78 is 0. The lowest BCUT2D eigenvalue weighted by Gasteiger charge is -2.23. The molecule has 0 spiro atoms. The molecule has 2 aromatic carbocycles. The Kier molecular flexibility index (Phi) is 5.62. The van der Waals surface area contributed by atoms with Gasteiger partial charge in [-0.15, -0.1) is 0 Å². The molecule has 5 heteroatoms. The van der Waals surface area contributed by atoms with Gasteiger partial charge in [0, 0.05) is 23.3 Å². The molecule has 0 bridgehead atoms. The largest absolute Gasteiger partial charge is 0.325 e. The molecule has 126 valence electrons. The highest BCUT2D eigenvalue weighted by Gasteiger charge is 2.18. The van der Waals surface area contributed by atoms with Crippen molar-refractivity contribution in [2.75, 3.05) is 16.8 Å². The third-order valence-electron chi connectivity index (χ3n) is 3.72. The third-order valence-corrected chi connectivity index (χ3v) is 4.13. The van der Waals surface area contributed by atoms with Gasteiger partial charge in [0.25, 0.3) is 0 Å². The van der Waals surface area contributed by atoms with E-state index in [2.05, 4.69) is 5.32 Å². The lowest BCUT2D eigenvalue weighted by atomic mass is 10.1. The molecule has 2 amide bonds. The molecule has 0 aliphatic carbocycles. The normalized spacial score (nSPS) is 10.4. The van der Waals surface area contributed by atoms with Gasteiger partial charge in [-0.25, -0.2) is 0 Å². The zero-order valence-corrected chi connectivity index (χ0v) is 15.1. The molecule has 0 radical (unpaired) electrons. The summed E-state index contributed by atoms with van der Waals surface area (Å²) in [5.41, 5.74) is 4.28. The molecule has 0 saturated carbocycles. The number of benzene rings is 2. The number of nitrogens with zero attached hydrogens (tertiary/aromatic N) is 1. The Morgan fingerprint density at radius 3 is 2.29 bits per heavy atom. The molecule has 0 aliphatic rings. The van der Waals surface area contributed by atoms with Gasteiger partial charge < -0.3 is 10.2 Å². The third kappa shape index (κ3) is 4.36. The van der Waals surface area contributed by atoms with Gasteiger partial charge in [-0.2, -0.15) is 0 Å². The van der Waals surface area contributed by atoms with Crippen molar-refractivity contribution in [1.29, 1.82) is 0 Å². The number of amides is 2. The van der Waals surface area contributed by atoms with E-state index in [1.54, 1.807) is 18.2 Å². The summed E-state index contributed by atoms with van der Waals surface area (Å²) in [7, 11) is 0. The first kappa shape index (κ1) is 18.0. The number of rotatable bonds is 4. The van der Waals surface area contributed by atoms with Crippen molar-refractivity contribution < 1.29 is 9.59 Å². The van der Waals surface area contributed by atoms with Crippen LogP contribution in [0.15, 0.2) is 36.4 Å². The van der Waals surface area contributed by atoms with E-state index in [-0.39, 0.29) is 18.4 Å². The van der Waals surface area contributed by atoms with Gasteiger partial charge in [-0.3, -0.25) is 9.59 Å². The van der Waals surface area contributed by atoms with Gasteiger partial charge in [-0.1, -0.05) is 23.7 Å². The molecule has 24 heavy (non-hydrogen) atoms. The van der Waals surface area contributed by atoms with Gasteiger partial charge in [0.05, 0.1) is 0 Å². The Hall–Kier alpha value is -2.33. The summed E-state index contributed by atoms with van der Waals surface area (Å²) in [6.07, 6.45) is 0. The van der Waals surface area contributed by atoms with Gasteiger partial charge in [-0.05, 0) is 61.7 Å². The maximum absolute atomic E-state index is 12.4. The molecule has 0 atom stereocenters. The van der Waals surface area contributed by atoms with Crippen molar-refractivity contribution >= 4 is 34.8 Å². The minimum absolute atomic E-state index is 0.0660. The topological polar surface area (TPSA) is 49.4 Å². The van der Waals surface area contributed by atoms with Gasteiger partial charge in [0.15, 0.2) is 0 Å². The van der Waals surface area contributed by atoms with Crippen LogP contribution in [-0.4, -0.2) is 18.4 Å². The summed E-state index contributed by atoms with van der Waals surface area (Å²) in [6.45, 7) is 7.14. The number of nitrogens with one attached hydrogen (secondary N) is 1. The minimum atomic E-state index is -0.255. The van der Waals surface area contributed by atoms with E-state index in [0.717, 1.165) is 22.4 Å². The molecule has 0 unspecified atom stereocenters. The number of hydrogen-bond donors (Lipinski definition) is 1. The first-order valence-corrected chi connectivity index (χ1v) is 8.07. The fraction of sp³-hybridized carbons (Fsp3) is 0.263. The van der Waals surface area contributed by atoms with Gasteiger partial charge >= 0.3 is 0 Å². The van der Waals surface area contributed by atoms with Crippen LogP contribution in [0.25, 0.3) is 0 Å². The number of carbonyl (C=O) groups excluding carboxylic acids is 2. The number of aryl methyl sites for hydroxylation is 2. The van der Waals surface area contributed by atoms with Crippen LogP contribution in [0, 0.1) is 20.8 Å². The van der Waals surface area contributed by atoms with Crippen LogP contribution < -0.4 is 10.2 Å². The zero-order valence-electron chi connectivity index (χ0n) is 14.3. The molecule has 0 fully saturated rings. The molecule has 0 aliphatic heterocycles. The van der Waals surface area contributed by atoms with E-state index in [1.807, 2.05) is 39.0 Å². The second-order valence-corrected chi connectivity index (χ2v) is 6.32. The Labute approximate surface area is 147 Å². The van der Waals surface area contributed by atoms with Crippen LogP contribution in [0.4, 0.5) is 11.4 Å². The SMILES string of the molecule is CC(=O)N(CC(=O)Nc1cc(C)cc(C)c1)c1cccc(Cl)c1C. The quantitative estimate of drug-likeness (QED) is 0.901. The predicted octanol–water partition coefficient (Wildman–Crippen LogP) is 4.26. The Balaban J connectivity index is 2.20. The monoisotopic (exact) mass is 344 g/mol. The fourth-order valence-electron chi connectivity index (χ4n) is 2.65. The van der Waals surface area contributed by atoms with Crippen molar-refractivity contribution in [2.45, 2.75) is 27.7 Å². The highest BCUT2D eigenvalue weighted by Crippen LogP contribution is 2.26. The number of halogens is 1. The predicted molar refractivity (Wildman–Crippen MR) is 98.8 cm³/mol. The van der Waals surface area contributed by atoms with Crippen molar-refractivity contribution in [2.24, 2.45) is 0 Å². The first-order chi connectivity index (χ1) is 11.3. The number of anilines is 2. The molecule has 2 aromatic rings. The number of hydrogen-bond acceptors (Lipinski definition) is 2. The van der Waals surface area contributed by atoms with E-state index in [1.165, 1.54) is 11.8 Å². The smallest absolute Gasteiger partial charge is 0.244 e. The summed E-state index contributed by atoms with van der Waals surface area (Å²) in [6, 6.07) is 11.1. The van der Waals surface area contributed by atoms with Crippen LogP contribution in [0.3, 0.4) is 0 Å². The van der Waals surface area contributed by atoms with Crippen LogP contribution in [0.5, 0.6) is 0 Å². The van der Waals surface area contributed by atoms with Crippen LogP contribution in [0.1, 0.15) is 23.6 Å². The lowest BCUT2D eigenvalue weighted by molar-refractivity contribution is -0.120. The fourth-order valence-corrected chi connectivity index (χ4v) is 2.82. The van der Waals surface area contributed by atoms with Crippen LogP contribution >= 0.6 is 11.6 Å². The highest BCUT2D eigenvalue weighted by molar-refractivity contribution is 6.31. The van der Waals surface area contributed by atoms with E-state index < -0.39 is 0 Å². The van der Waals surface area contributed by atoms with Crippen LogP contribution in [-0.2, 0) is 9.59 Å². The first-order valence-electron chi connectivity index (χ1n) is 7.69. The Bertz CT molecular complexity index is 767. The van der Waals surface area contributed by atoms with Crippen molar-refractivity contribution in [3.05, 3.63) is 58.1 Å². The lowest BCUT2D eigenvalue weighted by Crippen LogP contribution is -2.37. The summed E-state index contributed by atoms with van der Waals surface area (Å²) in [5.74, 6) is -0.467. The summed E-state index contributed by atoms with van der Waals surface area (Å²) >= 11 is 6.13. The molecular formula is C19H21ClN2O2. The van der Waals surface area contributed by atoms with E-state index >= 15 is 0 Å². The zero-order chi connectivity index (χ0) is 17.9. The molecule has 0 aromatic heterocycles. The average Bonchev–Trinajstić information content (AvgIpc) is 2.46. The average molecular weight is 345 g/mol. The van der Waals surface area contributed by atoms with Gasteiger partial charge in [0.1, 0.15) is 6.54 Å². The second kappa shape index (κ2) is 7.49. The molecule has 2 rings (SSSR count). The van der Waals surface area contributed by atoms with Crippen LogP contribution in [0.2, 0.25) is 5.02 Å². The van der Waals surface area contributed by atoms with Crippen molar-refractivity contribution in [3.8, 4) is 0 Å². The number of carbonyl (C=O) groups is 2. The standard InChI is InChI=1S/C19H21ClN2O2/c1-12-8-13(2)10-16(9-12)21-19(24)11-22(15(4)23)18-7-5-6-17(20)14(18)3/h5-10H,11H2,1-4H3,(H,21,24). The molecule has 4 nitrogen and oxygen atoms in total. The van der Waals surface area contributed by atoms with E-state index in [9.17, 15) is 9.59 Å². The molecular weight excluding hydrogens is 324 g/mol. The van der Waals surface area contributed by atoms with Gasteiger partial charge in [0.2, 0.25) is 11.8 Å². The highest BCUT2D eigenvalue weighted by atomic mass is 35.5. The molecule has 0 saturated heterocycles. The summed E-state index contributed by atoms with van der Waals surface area (Å²) in [4.78, 5) is 25.8.